The third kappa shape index (κ3) is 5.30. The molecule has 12 heteroatoms. The first-order valence-electron chi connectivity index (χ1n) is 9.80. The smallest absolute Gasteiger partial charge is 0.362 e. The van der Waals surface area contributed by atoms with Crippen molar-refractivity contribution < 1.29 is 27.6 Å². The van der Waals surface area contributed by atoms with Crippen LogP contribution in [-0.2, 0) is 4.79 Å². The molecule has 0 radical (unpaired) electrons. The van der Waals surface area contributed by atoms with Gasteiger partial charge in [-0.3, -0.25) is 14.2 Å². The fourth-order valence-corrected chi connectivity index (χ4v) is 3.66. The van der Waals surface area contributed by atoms with Gasteiger partial charge in [-0.1, -0.05) is 13.3 Å². The van der Waals surface area contributed by atoms with Gasteiger partial charge in [-0.15, -0.1) is 0 Å². The summed E-state index contributed by atoms with van der Waals surface area (Å²) in [6, 6.07) is 0.809. The molecule has 31 heavy (non-hydrogen) atoms. The number of ketones is 1. The SMILES string of the molecule is CC[C@@H]1CN(C(=O)NCC(F)(F)F)C[C@@H]1C(=O)CNc1cnc2c(ccn2C(C)=O)n1. The fourth-order valence-electron chi connectivity index (χ4n) is 3.66. The van der Waals surface area contributed by atoms with Crippen molar-refractivity contribution in [2.24, 2.45) is 11.8 Å². The molecule has 2 aromatic rings. The quantitative estimate of drug-likeness (QED) is 0.714. The number of Topliss-reactive ketones (excluding diaryl/α,β-unsaturated/α-hetero) is 1. The largest absolute Gasteiger partial charge is 0.405 e. The molecule has 2 aromatic heterocycles. The van der Waals surface area contributed by atoms with Crippen LogP contribution in [0.4, 0.5) is 23.8 Å². The topological polar surface area (TPSA) is 109 Å². The van der Waals surface area contributed by atoms with Crippen LogP contribution < -0.4 is 10.6 Å². The number of nitrogens with zero attached hydrogens (tertiary/aromatic N) is 4. The van der Waals surface area contributed by atoms with Gasteiger partial charge in [0.05, 0.1) is 12.7 Å². The standard InChI is InChI=1S/C19H23F3N6O3/c1-3-12-8-27(18(31)25-10-19(20,21)22)9-13(12)15(30)6-23-16-7-24-17-14(26-16)4-5-28(17)11(2)29/h4-5,7,12-13H,3,6,8-10H2,1-2H3,(H,23,26)(H,25,31)/t12-,13+/m1/s1. The number of likely N-dealkylation sites (tertiary alicyclic amines) is 1. The third-order valence-corrected chi connectivity index (χ3v) is 5.28. The van der Waals surface area contributed by atoms with Gasteiger partial charge in [-0.05, 0) is 12.0 Å². The number of halogens is 3. The van der Waals surface area contributed by atoms with Crippen molar-refractivity contribution in [3.63, 3.8) is 0 Å². The van der Waals surface area contributed by atoms with Crippen LogP contribution in [0.2, 0.25) is 0 Å². The Bertz CT molecular complexity index is 990. The Morgan fingerprint density at radius 2 is 2.00 bits per heavy atom. The van der Waals surface area contributed by atoms with Crippen molar-refractivity contribution in [3.05, 3.63) is 18.5 Å². The van der Waals surface area contributed by atoms with E-state index in [1.165, 1.54) is 22.6 Å². The summed E-state index contributed by atoms with van der Waals surface area (Å²) in [6.45, 7) is 2.09. The van der Waals surface area contributed by atoms with Gasteiger partial charge in [0, 0.05) is 32.1 Å². The number of carbonyl (C=O) groups excluding carboxylic acids is 3. The summed E-state index contributed by atoms with van der Waals surface area (Å²) in [6.07, 6.45) is -0.904. The van der Waals surface area contributed by atoms with Gasteiger partial charge in [-0.2, -0.15) is 13.2 Å². The zero-order valence-corrected chi connectivity index (χ0v) is 17.1. The molecule has 3 heterocycles. The van der Waals surface area contributed by atoms with E-state index < -0.39 is 24.7 Å². The van der Waals surface area contributed by atoms with Crippen molar-refractivity contribution >= 4 is 34.7 Å². The first-order chi connectivity index (χ1) is 14.6. The average molecular weight is 440 g/mol. The molecule has 0 aliphatic carbocycles. The third-order valence-electron chi connectivity index (χ3n) is 5.28. The number of alkyl halides is 3. The molecule has 0 unspecified atom stereocenters. The molecule has 1 aliphatic rings. The van der Waals surface area contributed by atoms with E-state index in [0.717, 1.165) is 0 Å². The monoisotopic (exact) mass is 440 g/mol. The molecule has 0 spiro atoms. The summed E-state index contributed by atoms with van der Waals surface area (Å²) in [5.41, 5.74) is 0.902. The summed E-state index contributed by atoms with van der Waals surface area (Å²) in [5, 5.41) is 4.74. The van der Waals surface area contributed by atoms with Crippen LogP contribution in [0, 0.1) is 11.8 Å². The molecule has 1 fully saturated rings. The molecule has 0 aromatic carbocycles. The fraction of sp³-hybridized carbons (Fsp3) is 0.526. The summed E-state index contributed by atoms with van der Waals surface area (Å²) in [4.78, 5) is 46.1. The summed E-state index contributed by atoms with van der Waals surface area (Å²) >= 11 is 0. The van der Waals surface area contributed by atoms with Crippen LogP contribution in [0.1, 0.15) is 25.1 Å². The zero-order valence-electron chi connectivity index (χ0n) is 17.1. The van der Waals surface area contributed by atoms with Crippen molar-refractivity contribution in [1.29, 1.82) is 0 Å². The van der Waals surface area contributed by atoms with Gasteiger partial charge in [0.1, 0.15) is 17.9 Å². The van der Waals surface area contributed by atoms with Gasteiger partial charge in [0.2, 0.25) is 5.91 Å². The number of carbonyl (C=O) groups is 3. The number of hydrogen-bond acceptors (Lipinski definition) is 6. The van der Waals surface area contributed by atoms with Gasteiger partial charge >= 0.3 is 12.2 Å². The van der Waals surface area contributed by atoms with Crippen LogP contribution in [0.3, 0.4) is 0 Å². The van der Waals surface area contributed by atoms with Gasteiger partial charge in [0.25, 0.3) is 0 Å². The number of amides is 2. The normalized spacial score (nSPS) is 18.9. The Labute approximate surface area is 176 Å². The lowest BCUT2D eigenvalue weighted by molar-refractivity contribution is -0.123. The maximum Gasteiger partial charge on any atom is 0.405 e. The first kappa shape index (κ1) is 22.5. The minimum Gasteiger partial charge on any atom is -0.362 e. The molecule has 0 bridgehead atoms. The molecule has 1 saturated heterocycles. The minimum absolute atomic E-state index is 0.0627. The van der Waals surface area contributed by atoms with Crippen LogP contribution in [0.15, 0.2) is 18.5 Å². The Balaban J connectivity index is 1.59. The molecule has 2 atom stereocenters. The Kier molecular flexibility index (Phi) is 6.46. The van der Waals surface area contributed by atoms with Crippen molar-refractivity contribution in [3.8, 4) is 0 Å². The van der Waals surface area contributed by atoms with Crippen molar-refractivity contribution in [2.75, 3.05) is 31.5 Å². The molecule has 1 aliphatic heterocycles. The maximum absolute atomic E-state index is 12.7. The molecule has 168 valence electrons. The molecular formula is C19H23F3N6O3. The summed E-state index contributed by atoms with van der Waals surface area (Å²) < 4.78 is 38.3. The van der Waals surface area contributed by atoms with Crippen LogP contribution in [0.25, 0.3) is 11.2 Å². The van der Waals surface area contributed by atoms with Crippen LogP contribution >= 0.6 is 0 Å². The molecule has 2 N–H and O–H groups in total. The highest BCUT2D eigenvalue weighted by atomic mass is 19.4. The molecular weight excluding hydrogens is 417 g/mol. The highest BCUT2D eigenvalue weighted by Crippen LogP contribution is 2.27. The van der Waals surface area contributed by atoms with Gasteiger partial charge in [0.15, 0.2) is 11.4 Å². The van der Waals surface area contributed by atoms with Crippen molar-refractivity contribution in [2.45, 2.75) is 26.4 Å². The lowest BCUT2D eigenvalue weighted by atomic mass is 9.90. The molecule has 2 amide bonds. The lowest BCUT2D eigenvalue weighted by Gasteiger charge is -2.18. The van der Waals surface area contributed by atoms with E-state index in [1.54, 1.807) is 12.3 Å². The highest BCUT2D eigenvalue weighted by Gasteiger charge is 2.39. The predicted octanol–water partition coefficient (Wildman–Crippen LogP) is 2.30. The summed E-state index contributed by atoms with van der Waals surface area (Å²) in [7, 11) is 0. The first-order valence-corrected chi connectivity index (χ1v) is 9.80. The second-order valence-electron chi connectivity index (χ2n) is 7.44. The minimum atomic E-state index is -4.49. The average Bonchev–Trinajstić information content (AvgIpc) is 3.33. The van der Waals surface area contributed by atoms with Crippen LogP contribution in [-0.4, -0.2) is 69.5 Å². The number of nitrogens with one attached hydrogen (secondary N) is 2. The molecule has 3 rings (SSSR count). The number of fused-ring (bicyclic) bond motifs is 1. The van der Waals surface area contributed by atoms with E-state index >= 15 is 0 Å². The van der Waals surface area contributed by atoms with E-state index in [1.807, 2.05) is 12.2 Å². The molecule has 0 saturated carbocycles. The maximum atomic E-state index is 12.7. The second-order valence-corrected chi connectivity index (χ2v) is 7.44. The van der Waals surface area contributed by atoms with E-state index in [0.29, 0.717) is 23.4 Å². The van der Waals surface area contributed by atoms with E-state index in [9.17, 15) is 27.6 Å². The number of urea groups is 1. The van der Waals surface area contributed by atoms with E-state index in [2.05, 4.69) is 15.3 Å². The number of rotatable bonds is 6. The van der Waals surface area contributed by atoms with Crippen molar-refractivity contribution in [1.82, 2.24) is 24.8 Å². The number of anilines is 1. The van der Waals surface area contributed by atoms with Gasteiger partial charge in [-0.25, -0.2) is 14.8 Å². The Hall–Kier alpha value is -3.18. The zero-order chi connectivity index (χ0) is 22.8. The van der Waals surface area contributed by atoms with E-state index in [-0.39, 0.29) is 37.2 Å². The van der Waals surface area contributed by atoms with E-state index in [4.69, 9.17) is 0 Å². The number of aromatic nitrogens is 3. The second kappa shape index (κ2) is 8.90. The highest BCUT2D eigenvalue weighted by molar-refractivity contribution is 5.89. The number of hydrogen-bond donors (Lipinski definition) is 2. The molecule has 9 nitrogen and oxygen atoms in total. The predicted molar refractivity (Wildman–Crippen MR) is 106 cm³/mol. The van der Waals surface area contributed by atoms with Gasteiger partial charge < -0.3 is 15.5 Å². The summed E-state index contributed by atoms with van der Waals surface area (Å²) in [5.74, 6) is -0.626. The lowest BCUT2D eigenvalue weighted by Crippen LogP contribution is -2.43. The Morgan fingerprint density at radius 3 is 2.65 bits per heavy atom. The Morgan fingerprint density at radius 1 is 1.26 bits per heavy atom. The van der Waals surface area contributed by atoms with Crippen LogP contribution in [0.5, 0.6) is 0 Å².